The van der Waals surface area contributed by atoms with Crippen molar-refractivity contribution in [3.05, 3.63) is 11.6 Å². The molecule has 1 aliphatic carbocycles. The largest absolute Gasteiger partial charge is 0.325 e. The molecule has 14 heavy (non-hydrogen) atoms. The van der Waals surface area contributed by atoms with E-state index < -0.39 is 0 Å². The second-order valence-corrected chi connectivity index (χ2v) is 4.69. The molecule has 1 fully saturated rings. The summed E-state index contributed by atoms with van der Waals surface area (Å²) in [5, 5.41) is 7.14. The van der Waals surface area contributed by atoms with E-state index >= 15 is 0 Å². The third-order valence-corrected chi connectivity index (χ3v) is 2.93. The summed E-state index contributed by atoms with van der Waals surface area (Å²) in [4.78, 5) is 4.43. The van der Waals surface area contributed by atoms with Gasteiger partial charge in [-0.2, -0.15) is 5.10 Å². The zero-order chi connectivity index (χ0) is 10.2. The highest BCUT2D eigenvalue weighted by molar-refractivity contribution is 5.04. The molecule has 0 atom stereocenters. The summed E-state index contributed by atoms with van der Waals surface area (Å²) >= 11 is 0. The van der Waals surface area contributed by atoms with Crippen molar-refractivity contribution in [2.45, 2.75) is 51.0 Å². The number of nitrogens with one attached hydrogen (secondary N) is 1. The number of aromatic nitrogens is 3. The van der Waals surface area contributed by atoms with E-state index in [0.717, 1.165) is 30.9 Å². The van der Waals surface area contributed by atoms with Crippen LogP contribution in [0.3, 0.4) is 0 Å². The number of nitrogens with zero attached hydrogens (tertiary/aromatic N) is 2. The van der Waals surface area contributed by atoms with Crippen LogP contribution in [0.15, 0.2) is 0 Å². The first-order valence-corrected chi connectivity index (χ1v) is 5.29. The van der Waals surface area contributed by atoms with Gasteiger partial charge in [0.05, 0.1) is 0 Å². The maximum atomic E-state index is 6.13. The van der Waals surface area contributed by atoms with Gasteiger partial charge in [-0.05, 0) is 19.3 Å². The van der Waals surface area contributed by atoms with E-state index in [1.54, 1.807) is 0 Å². The SMILES string of the molecule is CC(C)c1n[nH]c(CC2(N)CCC2)n1. The summed E-state index contributed by atoms with van der Waals surface area (Å²) in [6, 6.07) is 0. The van der Waals surface area contributed by atoms with Crippen LogP contribution in [0.25, 0.3) is 0 Å². The van der Waals surface area contributed by atoms with Gasteiger partial charge in [0.1, 0.15) is 5.82 Å². The van der Waals surface area contributed by atoms with E-state index in [0.29, 0.717) is 5.92 Å². The van der Waals surface area contributed by atoms with Crippen LogP contribution in [0.5, 0.6) is 0 Å². The van der Waals surface area contributed by atoms with Crippen molar-refractivity contribution >= 4 is 0 Å². The molecule has 2 rings (SSSR count). The van der Waals surface area contributed by atoms with Crippen molar-refractivity contribution in [2.24, 2.45) is 5.73 Å². The van der Waals surface area contributed by atoms with Crippen LogP contribution < -0.4 is 5.73 Å². The Kier molecular flexibility index (Phi) is 2.31. The normalized spacial score (nSPS) is 19.7. The van der Waals surface area contributed by atoms with E-state index in [9.17, 15) is 0 Å². The molecule has 0 unspecified atom stereocenters. The minimum absolute atomic E-state index is 0.00617. The fourth-order valence-electron chi connectivity index (χ4n) is 1.79. The lowest BCUT2D eigenvalue weighted by molar-refractivity contribution is 0.243. The third kappa shape index (κ3) is 1.80. The standard InChI is InChI=1S/C10H18N4/c1-7(2)9-12-8(13-14-9)6-10(11)4-3-5-10/h7H,3-6,11H2,1-2H3,(H,12,13,14). The minimum Gasteiger partial charge on any atom is -0.325 e. The van der Waals surface area contributed by atoms with Gasteiger partial charge in [-0.1, -0.05) is 13.8 Å². The first kappa shape index (κ1) is 9.65. The van der Waals surface area contributed by atoms with Gasteiger partial charge >= 0.3 is 0 Å². The Hall–Kier alpha value is -0.900. The smallest absolute Gasteiger partial charge is 0.153 e. The predicted octanol–water partition coefficient (Wildman–Crippen LogP) is 1.35. The molecule has 0 radical (unpaired) electrons. The summed E-state index contributed by atoms with van der Waals surface area (Å²) in [5.41, 5.74) is 6.13. The Morgan fingerprint density at radius 3 is 2.64 bits per heavy atom. The van der Waals surface area contributed by atoms with Crippen molar-refractivity contribution in [1.29, 1.82) is 0 Å². The van der Waals surface area contributed by atoms with Crippen LogP contribution in [0.2, 0.25) is 0 Å². The zero-order valence-corrected chi connectivity index (χ0v) is 8.88. The van der Waals surface area contributed by atoms with Crippen LogP contribution in [0.4, 0.5) is 0 Å². The molecule has 0 aliphatic heterocycles. The van der Waals surface area contributed by atoms with Gasteiger partial charge in [-0.15, -0.1) is 0 Å². The number of hydrogen-bond acceptors (Lipinski definition) is 3. The Labute approximate surface area is 84.3 Å². The predicted molar refractivity (Wildman–Crippen MR) is 54.9 cm³/mol. The highest BCUT2D eigenvalue weighted by Gasteiger charge is 2.33. The third-order valence-electron chi connectivity index (χ3n) is 2.93. The fourth-order valence-corrected chi connectivity index (χ4v) is 1.79. The molecule has 1 saturated carbocycles. The molecule has 78 valence electrons. The van der Waals surface area contributed by atoms with Crippen molar-refractivity contribution in [3.63, 3.8) is 0 Å². The van der Waals surface area contributed by atoms with Crippen molar-refractivity contribution < 1.29 is 0 Å². The number of H-pyrrole nitrogens is 1. The van der Waals surface area contributed by atoms with Gasteiger partial charge in [0.25, 0.3) is 0 Å². The van der Waals surface area contributed by atoms with Gasteiger partial charge in [-0.3, -0.25) is 5.10 Å². The molecular formula is C10H18N4. The topological polar surface area (TPSA) is 67.6 Å². The summed E-state index contributed by atoms with van der Waals surface area (Å²) in [5.74, 6) is 2.22. The molecule has 4 heteroatoms. The molecule has 0 amide bonds. The molecule has 4 nitrogen and oxygen atoms in total. The van der Waals surface area contributed by atoms with Gasteiger partial charge in [0, 0.05) is 17.9 Å². The second-order valence-electron chi connectivity index (χ2n) is 4.69. The number of hydrogen-bond donors (Lipinski definition) is 2. The highest BCUT2D eigenvalue weighted by atomic mass is 15.2. The lowest BCUT2D eigenvalue weighted by atomic mass is 9.75. The monoisotopic (exact) mass is 194 g/mol. The first-order valence-electron chi connectivity index (χ1n) is 5.29. The van der Waals surface area contributed by atoms with Crippen LogP contribution in [0, 0.1) is 0 Å². The lowest BCUT2D eigenvalue weighted by Crippen LogP contribution is -2.48. The number of nitrogens with two attached hydrogens (primary N) is 1. The van der Waals surface area contributed by atoms with Gasteiger partial charge in [-0.25, -0.2) is 4.98 Å². The molecule has 0 spiro atoms. The molecule has 0 saturated heterocycles. The molecule has 1 aromatic heterocycles. The zero-order valence-electron chi connectivity index (χ0n) is 8.88. The maximum absolute atomic E-state index is 6.13. The van der Waals surface area contributed by atoms with Crippen molar-refractivity contribution in [3.8, 4) is 0 Å². The molecule has 1 aromatic rings. The molecule has 0 aromatic carbocycles. The van der Waals surface area contributed by atoms with Gasteiger partial charge in [0.15, 0.2) is 5.82 Å². The molecule has 1 aliphatic rings. The lowest BCUT2D eigenvalue weighted by Gasteiger charge is -2.37. The number of rotatable bonds is 3. The van der Waals surface area contributed by atoms with Gasteiger partial charge in [0.2, 0.25) is 0 Å². The van der Waals surface area contributed by atoms with Crippen LogP contribution in [0.1, 0.15) is 50.7 Å². The van der Waals surface area contributed by atoms with E-state index in [2.05, 4.69) is 29.0 Å². The Bertz CT molecular complexity index is 312. The average Bonchev–Trinajstić information content (AvgIpc) is 2.50. The summed E-state index contributed by atoms with van der Waals surface area (Å²) in [7, 11) is 0. The maximum Gasteiger partial charge on any atom is 0.153 e. The second kappa shape index (κ2) is 3.35. The Morgan fingerprint density at radius 2 is 2.21 bits per heavy atom. The Balaban J connectivity index is 2.02. The molecule has 0 bridgehead atoms. The van der Waals surface area contributed by atoms with E-state index in [4.69, 9.17) is 5.73 Å². The first-order chi connectivity index (χ1) is 6.59. The van der Waals surface area contributed by atoms with Gasteiger partial charge < -0.3 is 5.73 Å². The summed E-state index contributed by atoms with van der Waals surface area (Å²) in [6.07, 6.45) is 4.32. The minimum atomic E-state index is -0.00617. The van der Waals surface area contributed by atoms with Crippen LogP contribution in [-0.4, -0.2) is 20.7 Å². The summed E-state index contributed by atoms with van der Waals surface area (Å²) in [6.45, 7) is 4.18. The van der Waals surface area contributed by atoms with E-state index in [1.165, 1.54) is 6.42 Å². The molecule has 1 heterocycles. The fraction of sp³-hybridized carbons (Fsp3) is 0.800. The molecule has 3 N–H and O–H groups in total. The highest BCUT2D eigenvalue weighted by Crippen LogP contribution is 2.31. The van der Waals surface area contributed by atoms with Crippen molar-refractivity contribution in [1.82, 2.24) is 15.2 Å². The quantitative estimate of drug-likeness (QED) is 0.763. The van der Waals surface area contributed by atoms with Crippen LogP contribution in [-0.2, 0) is 6.42 Å². The van der Waals surface area contributed by atoms with Crippen molar-refractivity contribution in [2.75, 3.05) is 0 Å². The van der Waals surface area contributed by atoms with Crippen LogP contribution >= 0.6 is 0 Å². The Morgan fingerprint density at radius 1 is 1.50 bits per heavy atom. The van der Waals surface area contributed by atoms with E-state index in [1.807, 2.05) is 0 Å². The van der Waals surface area contributed by atoms with E-state index in [-0.39, 0.29) is 5.54 Å². The molecular weight excluding hydrogens is 176 g/mol. The average molecular weight is 194 g/mol. The number of aromatic amines is 1. The summed E-state index contributed by atoms with van der Waals surface area (Å²) < 4.78 is 0.